The number of benzene rings is 1. The van der Waals surface area contributed by atoms with Crippen LogP contribution >= 0.6 is 0 Å². The van der Waals surface area contributed by atoms with E-state index < -0.39 is 0 Å². The number of nitrogens with zero attached hydrogens (tertiary/aromatic N) is 1. The number of hydrogen-bond donors (Lipinski definition) is 0. The molecule has 0 radical (unpaired) electrons. The Morgan fingerprint density at radius 1 is 0.963 bits per heavy atom. The first-order valence-corrected chi connectivity index (χ1v) is 10.3. The van der Waals surface area contributed by atoms with Crippen molar-refractivity contribution in [2.75, 3.05) is 13.1 Å². The Hall–Kier alpha value is -2.26. The number of likely N-dealkylation sites (tertiary alicyclic amines) is 1. The second-order valence-corrected chi connectivity index (χ2v) is 7.98. The summed E-state index contributed by atoms with van der Waals surface area (Å²) < 4.78 is 11.8. The molecule has 1 aromatic carbocycles. The normalized spacial score (nSPS) is 25.0. The molecule has 140 valence electrons. The van der Waals surface area contributed by atoms with Gasteiger partial charge in [-0.1, -0.05) is 30.4 Å². The molecule has 1 atom stereocenters. The SMILES string of the molecule is C1=CCCC(C2=COC=C(c3ccc4c(c3)CCC(N3CCCC3)C4)O2)=C1. The Bertz CT molecular complexity index is 840. The highest BCUT2D eigenvalue weighted by molar-refractivity contribution is 5.63. The summed E-state index contributed by atoms with van der Waals surface area (Å²) in [6.07, 6.45) is 18.3. The lowest BCUT2D eigenvalue weighted by atomic mass is 9.86. The summed E-state index contributed by atoms with van der Waals surface area (Å²) in [5.41, 5.74) is 5.30. The van der Waals surface area contributed by atoms with E-state index >= 15 is 0 Å². The van der Waals surface area contributed by atoms with Crippen LogP contribution in [0.2, 0.25) is 0 Å². The van der Waals surface area contributed by atoms with Crippen molar-refractivity contribution in [3.63, 3.8) is 0 Å². The summed E-state index contributed by atoms with van der Waals surface area (Å²) in [5.74, 6) is 1.65. The van der Waals surface area contributed by atoms with Gasteiger partial charge < -0.3 is 14.4 Å². The second kappa shape index (κ2) is 7.40. The highest BCUT2D eigenvalue weighted by Gasteiger charge is 2.27. The van der Waals surface area contributed by atoms with E-state index in [1.54, 1.807) is 12.5 Å². The fourth-order valence-corrected chi connectivity index (χ4v) is 4.71. The zero-order valence-electron chi connectivity index (χ0n) is 15.8. The average molecular weight is 361 g/mol. The zero-order chi connectivity index (χ0) is 18.1. The van der Waals surface area contributed by atoms with Crippen molar-refractivity contribution in [1.29, 1.82) is 0 Å². The minimum Gasteiger partial charge on any atom is -0.465 e. The monoisotopic (exact) mass is 361 g/mol. The van der Waals surface area contributed by atoms with E-state index in [0.717, 1.165) is 42.4 Å². The van der Waals surface area contributed by atoms with E-state index in [-0.39, 0.29) is 0 Å². The first-order valence-electron chi connectivity index (χ1n) is 10.3. The molecule has 0 N–H and O–H groups in total. The summed E-state index contributed by atoms with van der Waals surface area (Å²) in [7, 11) is 0. The fourth-order valence-electron chi connectivity index (χ4n) is 4.71. The van der Waals surface area contributed by atoms with Crippen LogP contribution in [0.1, 0.15) is 48.8 Å². The van der Waals surface area contributed by atoms with E-state index in [1.165, 1.54) is 55.5 Å². The molecule has 1 fully saturated rings. The Labute approximate surface area is 161 Å². The quantitative estimate of drug-likeness (QED) is 0.747. The van der Waals surface area contributed by atoms with Gasteiger partial charge in [-0.25, -0.2) is 0 Å². The van der Waals surface area contributed by atoms with Crippen molar-refractivity contribution in [2.24, 2.45) is 0 Å². The molecule has 0 saturated carbocycles. The molecule has 1 aromatic rings. The zero-order valence-corrected chi connectivity index (χ0v) is 15.8. The molecule has 3 heteroatoms. The van der Waals surface area contributed by atoms with Crippen LogP contribution in [0.5, 0.6) is 0 Å². The minimum atomic E-state index is 0.736. The van der Waals surface area contributed by atoms with Gasteiger partial charge in [-0.15, -0.1) is 0 Å². The number of rotatable bonds is 3. The fraction of sp³-hybridized carbons (Fsp3) is 0.417. The summed E-state index contributed by atoms with van der Waals surface area (Å²) in [4.78, 5) is 2.70. The summed E-state index contributed by atoms with van der Waals surface area (Å²) in [5, 5.41) is 0. The van der Waals surface area contributed by atoms with Crippen LogP contribution in [-0.2, 0) is 22.3 Å². The van der Waals surface area contributed by atoms with Crippen molar-refractivity contribution >= 4 is 5.76 Å². The third-order valence-corrected chi connectivity index (χ3v) is 6.25. The summed E-state index contributed by atoms with van der Waals surface area (Å²) in [6, 6.07) is 7.54. The van der Waals surface area contributed by atoms with Crippen LogP contribution in [0.25, 0.3) is 5.76 Å². The van der Waals surface area contributed by atoms with Gasteiger partial charge in [0.2, 0.25) is 0 Å². The van der Waals surface area contributed by atoms with Crippen molar-refractivity contribution in [3.8, 4) is 0 Å². The van der Waals surface area contributed by atoms with Crippen molar-refractivity contribution in [2.45, 2.75) is 51.0 Å². The third-order valence-electron chi connectivity index (χ3n) is 6.25. The number of aryl methyl sites for hydroxylation is 1. The largest absolute Gasteiger partial charge is 0.465 e. The number of hydrogen-bond acceptors (Lipinski definition) is 3. The van der Waals surface area contributed by atoms with Gasteiger partial charge in [-0.05, 0) is 80.8 Å². The molecule has 0 bridgehead atoms. The van der Waals surface area contributed by atoms with E-state index in [1.807, 2.05) is 0 Å². The molecule has 4 aliphatic rings. The predicted octanol–water partition coefficient (Wildman–Crippen LogP) is 5.10. The third kappa shape index (κ3) is 3.49. The second-order valence-electron chi connectivity index (χ2n) is 7.98. The Morgan fingerprint density at radius 2 is 1.85 bits per heavy atom. The number of ether oxygens (including phenoxy) is 2. The Balaban J connectivity index is 1.31. The van der Waals surface area contributed by atoms with Gasteiger partial charge >= 0.3 is 0 Å². The smallest absolute Gasteiger partial charge is 0.169 e. The van der Waals surface area contributed by atoms with E-state index in [2.05, 4.69) is 41.3 Å². The molecule has 2 heterocycles. The molecule has 1 unspecified atom stereocenters. The molecule has 27 heavy (non-hydrogen) atoms. The van der Waals surface area contributed by atoms with Gasteiger partial charge in [-0.3, -0.25) is 0 Å². The first kappa shape index (κ1) is 16.9. The van der Waals surface area contributed by atoms with Crippen LogP contribution in [0.3, 0.4) is 0 Å². The minimum absolute atomic E-state index is 0.736. The van der Waals surface area contributed by atoms with Crippen molar-refractivity contribution < 1.29 is 9.47 Å². The molecular formula is C24H27NO2. The molecule has 2 aliphatic carbocycles. The summed E-state index contributed by atoms with van der Waals surface area (Å²) in [6.45, 7) is 2.58. The van der Waals surface area contributed by atoms with E-state index in [4.69, 9.17) is 9.47 Å². The number of allylic oxidation sites excluding steroid dienone is 4. The van der Waals surface area contributed by atoms with Gasteiger partial charge in [0.25, 0.3) is 0 Å². The molecule has 1 saturated heterocycles. The molecule has 3 nitrogen and oxygen atoms in total. The van der Waals surface area contributed by atoms with E-state index in [0.29, 0.717) is 0 Å². The lowest BCUT2D eigenvalue weighted by molar-refractivity contribution is 0.222. The highest BCUT2D eigenvalue weighted by atomic mass is 16.5. The maximum Gasteiger partial charge on any atom is 0.169 e. The standard InChI is InChI=1S/C24H27NO2/c1-2-6-18(7-3-1)23-16-26-17-24(27-23)21-9-8-20-15-22(11-10-19(20)14-21)25-12-4-5-13-25/h1-2,6,8-9,14,16-17,22H,3-5,7,10-13,15H2. The van der Waals surface area contributed by atoms with E-state index in [9.17, 15) is 0 Å². The molecular weight excluding hydrogens is 334 g/mol. The lowest BCUT2D eigenvalue weighted by Crippen LogP contribution is -2.37. The van der Waals surface area contributed by atoms with Crippen LogP contribution in [0.15, 0.2) is 60.3 Å². The first-order chi connectivity index (χ1) is 13.4. The van der Waals surface area contributed by atoms with Crippen molar-refractivity contribution in [1.82, 2.24) is 4.90 Å². The molecule has 2 aliphatic heterocycles. The highest BCUT2D eigenvalue weighted by Crippen LogP contribution is 2.33. The Kier molecular flexibility index (Phi) is 4.62. The van der Waals surface area contributed by atoms with Gasteiger partial charge in [0.05, 0.1) is 0 Å². The van der Waals surface area contributed by atoms with Crippen LogP contribution in [0, 0.1) is 0 Å². The van der Waals surface area contributed by atoms with Gasteiger partial charge in [0.1, 0.15) is 12.5 Å². The van der Waals surface area contributed by atoms with Crippen LogP contribution in [-0.4, -0.2) is 24.0 Å². The van der Waals surface area contributed by atoms with Gasteiger partial charge in [0, 0.05) is 11.6 Å². The maximum atomic E-state index is 6.19. The van der Waals surface area contributed by atoms with Crippen LogP contribution in [0.4, 0.5) is 0 Å². The number of fused-ring (bicyclic) bond motifs is 1. The van der Waals surface area contributed by atoms with Gasteiger partial charge in [0.15, 0.2) is 11.5 Å². The van der Waals surface area contributed by atoms with Crippen LogP contribution < -0.4 is 0 Å². The average Bonchev–Trinajstić information content (AvgIpc) is 3.29. The maximum absolute atomic E-state index is 6.19. The lowest BCUT2D eigenvalue weighted by Gasteiger charge is -2.32. The van der Waals surface area contributed by atoms with Crippen molar-refractivity contribution in [3.05, 3.63) is 77.0 Å². The Morgan fingerprint density at radius 3 is 2.70 bits per heavy atom. The molecule has 0 aromatic heterocycles. The molecule has 0 spiro atoms. The topological polar surface area (TPSA) is 21.7 Å². The predicted molar refractivity (Wildman–Crippen MR) is 108 cm³/mol. The molecule has 5 rings (SSSR count). The molecule has 0 amide bonds. The van der Waals surface area contributed by atoms with Gasteiger partial charge in [-0.2, -0.15) is 0 Å². The summed E-state index contributed by atoms with van der Waals surface area (Å²) >= 11 is 0.